The van der Waals surface area contributed by atoms with E-state index in [-0.39, 0.29) is 23.6 Å². The zero-order valence-electron chi connectivity index (χ0n) is 19.7. The molecule has 5 rings (SSSR count). The minimum Gasteiger partial charge on any atom is -0.505 e. The van der Waals surface area contributed by atoms with E-state index >= 15 is 0 Å². The average Bonchev–Trinajstić information content (AvgIpc) is 3.33. The van der Waals surface area contributed by atoms with E-state index in [1.807, 2.05) is 29.7 Å². The number of hydrogen-bond acceptors (Lipinski definition) is 6. The number of hydrogen-bond donors (Lipinski definition) is 1. The number of ether oxygens (including phenoxy) is 1. The van der Waals surface area contributed by atoms with Crippen molar-refractivity contribution < 1.29 is 23.8 Å². The molecule has 0 radical (unpaired) electrons. The fraction of sp³-hybridized carbons (Fsp3) is 0.346. The lowest BCUT2D eigenvalue weighted by molar-refractivity contribution is -0.140. The van der Waals surface area contributed by atoms with Crippen molar-refractivity contribution in [1.29, 1.82) is 0 Å². The van der Waals surface area contributed by atoms with Crippen LogP contribution in [0, 0.1) is 19.7 Å². The lowest BCUT2D eigenvalue weighted by atomic mass is 9.96. The highest BCUT2D eigenvalue weighted by Gasteiger charge is 2.46. The van der Waals surface area contributed by atoms with Crippen molar-refractivity contribution >= 4 is 23.1 Å². The molecule has 9 heteroatoms. The monoisotopic (exact) mass is 478 g/mol. The minimum absolute atomic E-state index is 0.0345. The van der Waals surface area contributed by atoms with Crippen LogP contribution >= 0.6 is 0 Å². The number of aliphatic hydroxyl groups is 1. The molecule has 1 unspecified atom stereocenters. The van der Waals surface area contributed by atoms with Crippen LogP contribution in [0.15, 0.2) is 48.2 Å². The molecular formula is C26H27FN4O4. The molecule has 3 aromatic rings. The number of Topliss-reactive ketones (excluding diaryl/α,β-unsaturated/α-hetero) is 1. The smallest absolute Gasteiger partial charge is 0.295 e. The first kappa shape index (κ1) is 23.2. The Balaban J connectivity index is 1.60. The highest BCUT2D eigenvalue weighted by atomic mass is 19.1. The minimum atomic E-state index is -0.845. The number of aromatic nitrogens is 2. The molecule has 0 bridgehead atoms. The summed E-state index contributed by atoms with van der Waals surface area (Å²) in [6, 6.07) is 8.61. The fourth-order valence-corrected chi connectivity index (χ4v) is 4.85. The van der Waals surface area contributed by atoms with Crippen molar-refractivity contribution in [1.82, 2.24) is 19.2 Å². The Bertz CT molecular complexity index is 1330. The van der Waals surface area contributed by atoms with E-state index in [9.17, 15) is 19.1 Å². The van der Waals surface area contributed by atoms with Crippen LogP contribution in [-0.2, 0) is 14.3 Å². The number of imidazole rings is 1. The molecule has 2 fully saturated rings. The topological polar surface area (TPSA) is 87.4 Å². The number of aryl methyl sites for hydroxylation is 2. The number of nitrogens with zero attached hydrogens (tertiary/aromatic N) is 4. The Morgan fingerprint density at radius 1 is 1.11 bits per heavy atom. The van der Waals surface area contributed by atoms with Crippen LogP contribution in [0.4, 0.5) is 4.39 Å². The number of likely N-dealkylation sites (tertiary alicyclic amines) is 1. The number of carbonyl (C=O) groups excluding carboxylic acids is 2. The van der Waals surface area contributed by atoms with Gasteiger partial charge in [-0.3, -0.25) is 14.5 Å². The predicted molar refractivity (Wildman–Crippen MR) is 127 cm³/mol. The normalized spacial score (nSPS) is 20.8. The highest BCUT2D eigenvalue weighted by Crippen LogP contribution is 2.39. The summed E-state index contributed by atoms with van der Waals surface area (Å²) in [6.45, 7) is 7.27. The molecule has 4 heterocycles. The molecule has 1 N–H and O–H groups in total. The molecule has 1 aromatic carbocycles. The standard InChI is InChI=1S/C26H27FN4O4/c1-16-4-3-9-30-17(2)21(28-25(16)30)23(32)20-22(18-5-7-19(27)8-6-18)31(26(34)24(20)33)11-10-29-12-14-35-15-13-29/h3-9,22,32H,10-15H2,1-2H3/b23-20+. The molecule has 0 aliphatic carbocycles. The van der Waals surface area contributed by atoms with Gasteiger partial charge in [0, 0.05) is 32.4 Å². The summed E-state index contributed by atoms with van der Waals surface area (Å²) in [5, 5.41) is 11.4. The van der Waals surface area contributed by atoms with Gasteiger partial charge >= 0.3 is 0 Å². The number of carbonyl (C=O) groups is 2. The van der Waals surface area contributed by atoms with E-state index in [0.29, 0.717) is 36.7 Å². The largest absolute Gasteiger partial charge is 0.505 e. The van der Waals surface area contributed by atoms with Crippen LogP contribution in [0.2, 0.25) is 0 Å². The number of halogens is 1. The van der Waals surface area contributed by atoms with Gasteiger partial charge in [-0.05, 0) is 43.2 Å². The SMILES string of the molecule is Cc1cccn2c(C)c(/C(O)=C3\C(=O)C(=O)N(CCN4CCOCC4)C3c3ccc(F)cc3)nc12. The van der Waals surface area contributed by atoms with Gasteiger partial charge in [-0.25, -0.2) is 9.37 Å². The lowest BCUT2D eigenvalue weighted by Crippen LogP contribution is -2.42. The Kier molecular flexibility index (Phi) is 6.12. The van der Waals surface area contributed by atoms with Gasteiger partial charge in [-0.15, -0.1) is 0 Å². The van der Waals surface area contributed by atoms with Crippen molar-refractivity contribution in [3.05, 3.63) is 76.5 Å². The Labute approximate surface area is 202 Å². The van der Waals surface area contributed by atoms with Gasteiger partial charge in [0.05, 0.1) is 30.5 Å². The van der Waals surface area contributed by atoms with Gasteiger partial charge < -0.3 is 19.1 Å². The van der Waals surface area contributed by atoms with E-state index in [0.717, 1.165) is 18.7 Å². The van der Waals surface area contributed by atoms with Crippen LogP contribution in [0.3, 0.4) is 0 Å². The second-order valence-electron chi connectivity index (χ2n) is 8.93. The fourth-order valence-electron chi connectivity index (χ4n) is 4.85. The second kappa shape index (κ2) is 9.24. The van der Waals surface area contributed by atoms with E-state index in [1.54, 1.807) is 19.1 Å². The van der Waals surface area contributed by atoms with Crippen LogP contribution in [0.1, 0.15) is 28.6 Å². The summed E-state index contributed by atoms with van der Waals surface area (Å²) >= 11 is 0. The number of morpholine rings is 1. The predicted octanol–water partition coefficient (Wildman–Crippen LogP) is 2.84. The zero-order chi connectivity index (χ0) is 24.7. The van der Waals surface area contributed by atoms with Crippen LogP contribution in [0.25, 0.3) is 11.4 Å². The van der Waals surface area contributed by atoms with Gasteiger partial charge in [0.25, 0.3) is 11.7 Å². The molecule has 2 aliphatic rings. The molecule has 1 amide bonds. The highest BCUT2D eigenvalue weighted by molar-refractivity contribution is 6.46. The number of benzene rings is 1. The molecule has 1 atom stereocenters. The molecule has 35 heavy (non-hydrogen) atoms. The third kappa shape index (κ3) is 4.11. The molecule has 2 saturated heterocycles. The number of pyridine rings is 1. The summed E-state index contributed by atoms with van der Waals surface area (Å²) in [4.78, 5) is 34.7. The Morgan fingerprint density at radius 3 is 2.51 bits per heavy atom. The van der Waals surface area contributed by atoms with Crippen LogP contribution in [0.5, 0.6) is 0 Å². The van der Waals surface area contributed by atoms with Crippen molar-refractivity contribution in [3.63, 3.8) is 0 Å². The second-order valence-corrected chi connectivity index (χ2v) is 8.93. The Morgan fingerprint density at radius 2 is 1.83 bits per heavy atom. The third-order valence-corrected chi connectivity index (χ3v) is 6.79. The zero-order valence-corrected chi connectivity index (χ0v) is 19.7. The maximum atomic E-state index is 13.7. The van der Waals surface area contributed by atoms with Crippen LogP contribution in [-0.4, -0.2) is 75.4 Å². The lowest BCUT2D eigenvalue weighted by Gasteiger charge is -2.31. The van der Waals surface area contributed by atoms with E-state index < -0.39 is 23.5 Å². The number of aliphatic hydroxyl groups excluding tert-OH is 1. The number of rotatable bonds is 5. The third-order valence-electron chi connectivity index (χ3n) is 6.79. The first-order valence-corrected chi connectivity index (χ1v) is 11.7. The Hall–Kier alpha value is -3.56. The van der Waals surface area contributed by atoms with Crippen molar-refractivity contribution in [3.8, 4) is 0 Å². The number of amides is 1. The van der Waals surface area contributed by atoms with Gasteiger partial charge in [0.15, 0.2) is 5.76 Å². The first-order chi connectivity index (χ1) is 16.9. The molecule has 8 nitrogen and oxygen atoms in total. The summed E-state index contributed by atoms with van der Waals surface area (Å²) in [6.07, 6.45) is 1.83. The quantitative estimate of drug-likeness (QED) is 0.345. The van der Waals surface area contributed by atoms with E-state index in [2.05, 4.69) is 9.88 Å². The van der Waals surface area contributed by atoms with Crippen molar-refractivity contribution in [2.75, 3.05) is 39.4 Å². The first-order valence-electron chi connectivity index (χ1n) is 11.7. The van der Waals surface area contributed by atoms with Crippen LogP contribution < -0.4 is 0 Å². The molecule has 182 valence electrons. The number of ketones is 1. The molecule has 0 spiro atoms. The van der Waals surface area contributed by atoms with E-state index in [4.69, 9.17) is 4.74 Å². The number of fused-ring (bicyclic) bond motifs is 1. The van der Waals surface area contributed by atoms with Gasteiger partial charge in [-0.2, -0.15) is 0 Å². The van der Waals surface area contributed by atoms with Gasteiger partial charge in [0.2, 0.25) is 0 Å². The average molecular weight is 479 g/mol. The summed E-state index contributed by atoms with van der Waals surface area (Å²) in [7, 11) is 0. The van der Waals surface area contributed by atoms with Crippen molar-refractivity contribution in [2.45, 2.75) is 19.9 Å². The molecule has 2 aromatic heterocycles. The molecule has 0 saturated carbocycles. The molecule has 2 aliphatic heterocycles. The summed E-state index contributed by atoms with van der Waals surface area (Å²) < 4.78 is 20.9. The van der Waals surface area contributed by atoms with Gasteiger partial charge in [0.1, 0.15) is 17.2 Å². The summed E-state index contributed by atoms with van der Waals surface area (Å²) in [5.41, 5.74) is 2.98. The van der Waals surface area contributed by atoms with E-state index in [1.165, 1.54) is 17.0 Å². The maximum absolute atomic E-state index is 13.7. The molecular weight excluding hydrogens is 451 g/mol. The summed E-state index contributed by atoms with van der Waals surface area (Å²) in [5.74, 6) is -2.21. The maximum Gasteiger partial charge on any atom is 0.295 e. The van der Waals surface area contributed by atoms with Crippen molar-refractivity contribution in [2.24, 2.45) is 0 Å². The van der Waals surface area contributed by atoms with Gasteiger partial charge in [-0.1, -0.05) is 18.2 Å².